The van der Waals surface area contributed by atoms with E-state index in [-0.39, 0.29) is 17.6 Å². The van der Waals surface area contributed by atoms with E-state index in [0.717, 1.165) is 25.8 Å². The highest BCUT2D eigenvalue weighted by Crippen LogP contribution is 2.48. The zero-order chi connectivity index (χ0) is 17.9. The first-order valence-corrected chi connectivity index (χ1v) is 8.99. The fraction of sp³-hybridized carbons (Fsp3) is 0.889. The van der Waals surface area contributed by atoms with E-state index in [2.05, 4.69) is 0 Å². The molecular weight excluding hydrogens is 308 g/mol. The molecule has 136 valence electrons. The summed E-state index contributed by atoms with van der Waals surface area (Å²) in [5.74, 6) is 0.00452. The number of hydrogen-bond donors (Lipinski definition) is 0. The van der Waals surface area contributed by atoms with Crippen LogP contribution >= 0.6 is 0 Å². The second-order valence-corrected chi connectivity index (χ2v) is 8.88. The number of hydrogen-bond acceptors (Lipinski definition) is 4. The smallest absolute Gasteiger partial charge is 0.413 e. The number of amides is 2. The molecule has 6 nitrogen and oxygen atoms in total. The number of carbonyl (C=O) groups excluding carboxylic acids is 2. The Bertz CT molecular complexity index is 542. The molecule has 1 spiro atoms. The van der Waals surface area contributed by atoms with Crippen molar-refractivity contribution in [2.75, 3.05) is 6.54 Å². The molecule has 0 aromatic heterocycles. The molecule has 2 atom stereocenters. The van der Waals surface area contributed by atoms with Gasteiger partial charge in [0.1, 0.15) is 17.4 Å². The normalized spacial score (nSPS) is 30.8. The Morgan fingerprint density at radius 1 is 1.17 bits per heavy atom. The van der Waals surface area contributed by atoms with Gasteiger partial charge in [-0.3, -0.25) is 9.69 Å². The topological polar surface area (TPSA) is 59.1 Å². The average molecular weight is 338 g/mol. The van der Waals surface area contributed by atoms with Crippen LogP contribution in [0.25, 0.3) is 0 Å². The molecular formula is C18H30N2O4. The van der Waals surface area contributed by atoms with Crippen molar-refractivity contribution in [3.63, 3.8) is 0 Å². The van der Waals surface area contributed by atoms with Crippen molar-refractivity contribution in [3.8, 4) is 0 Å². The third-order valence-electron chi connectivity index (χ3n) is 5.54. The molecule has 2 heterocycles. The Labute approximate surface area is 144 Å². The van der Waals surface area contributed by atoms with Crippen molar-refractivity contribution in [1.29, 1.82) is 0 Å². The van der Waals surface area contributed by atoms with Gasteiger partial charge in [0.2, 0.25) is 5.91 Å². The molecule has 0 aromatic carbocycles. The van der Waals surface area contributed by atoms with Gasteiger partial charge >= 0.3 is 6.09 Å². The van der Waals surface area contributed by atoms with Crippen LogP contribution in [-0.2, 0) is 14.3 Å². The van der Waals surface area contributed by atoms with Crippen molar-refractivity contribution < 1.29 is 19.1 Å². The summed E-state index contributed by atoms with van der Waals surface area (Å²) < 4.78 is 11.5. The van der Waals surface area contributed by atoms with Crippen LogP contribution in [0.2, 0.25) is 0 Å². The van der Waals surface area contributed by atoms with Crippen molar-refractivity contribution in [1.82, 2.24) is 9.80 Å². The van der Waals surface area contributed by atoms with E-state index < -0.39 is 23.5 Å². The monoisotopic (exact) mass is 338 g/mol. The van der Waals surface area contributed by atoms with Gasteiger partial charge in [-0.05, 0) is 67.2 Å². The summed E-state index contributed by atoms with van der Waals surface area (Å²) in [5.41, 5.74) is -1.42. The number of likely N-dealkylation sites (tertiary alicyclic amines) is 1. The Morgan fingerprint density at radius 3 is 2.21 bits per heavy atom. The predicted octanol–water partition coefficient (Wildman–Crippen LogP) is 2.90. The third-order valence-corrected chi connectivity index (χ3v) is 5.54. The van der Waals surface area contributed by atoms with E-state index in [4.69, 9.17) is 9.47 Å². The third kappa shape index (κ3) is 2.68. The van der Waals surface area contributed by atoms with E-state index in [9.17, 15) is 9.59 Å². The fourth-order valence-electron chi connectivity index (χ4n) is 4.23. The molecule has 2 saturated heterocycles. The highest BCUT2D eigenvalue weighted by Gasteiger charge is 2.58. The second kappa shape index (κ2) is 5.35. The summed E-state index contributed by atoms with van der Waals surface area (Å²) in [4.78, 5) is 29.4. The molecule has 0 unspecified atom stereocenters. The largest absolute Gasteiger partial charge is 0.444 e. The summed E-state index contributed by atoms with van der Waals surface area (Å²) >= 11 is 0. The van der Waals surface area contributed by atoms with Gasteiger partial charge in [0.25, 0.3) is 0 Å². The fourth-order valence-corrected chi connectivity index (χ4v) is 4.23. The highest BCUT2D eigenvalue weighted by atomic mass is 16.6. The SMILES string of the molecule is C[C@@H]1OC(C)(C)N(C(=O)OC(C)(C)C)[C@@H]1C(=O)N1CCC12CCC2. The maximum absolute atomic E-state index is 13.2. The van der Waals surface area contributed by atoms with Crippen LogP contribution in [0.15, 0.2) is 0 Å². The van der Waals surface area contributed by atoms with E-state index in [1.807, 2.05) is 46.4 Å². The zero-order valence-electron chi connectivity index (χ0n) is 15.7. The van der Waals surface area contributed by atoms with Crippen molar-refractivity contribution >= 4 is 12.0 Å². The van der Waals surface area contributed by atoms with Crippen molar-refractivity contribution in [2.24, 2.45) is 0 Å². The first-order chi connectivity index (χ1) is 11.0. The Balaban J connectivity index is 1.83. The molecule has 1 saturated carbocycles. The zero-order valence-corrected chi connectivity index (χ0v) is 15.7. The van der Waals surface area contributed by atoms with Crippen molar-refractivity contribution in [2.45, 2.75) is 96.2 Å². The average Bonchev–Trinajstić information content (AvgIpc) is 2.52. The van der Waals surface area contributed by atoms with Gasteiger partial charge in [0, 0.05) is 12.1 Å². The molecule has 0 N–H and O–H groups in total. The van der Waals surface area contributed by atoms with Crippen LogP contribution in [0.1, 0.15) is 67.2 Å². The van der Waals surface area contributed by atoms with Crippen LogP contribution < -0.4 is 0 Å². The molecule has 0 bridgehead atoms. The van der Waals surface area contributed by atoms with Gasteiger partial charge < -0.3 is 14.4 Å². The quantitative estimate of drug-likeness (QED) is 0.738. The van der Waals surface area contributed by atoms with Crippen LogP contribution in [0.4, 0.5) is 4.79 Å². The lowest BCUT2D eigenvalue weighted by molar-refractivity contribution is -0.161. The Morgan fingerprint density at radius 2 is 1.79 bits per heavy atom. The van der Waals surface area contributed by atoms with Gasteiger partial charge in [-0.2, -0.15) is 0 Å². The summed E-state index contributed by atoms with van der Waals surface area (Å²) in [7, 11) is 0. The minimum Gasteiger partial charge on any atom is -0.444 e. The lowest BCUT2D eigenvalue weighted by Crippen LogP contribution is -2.69. The molecule has 1 aliphatic carbocycles. The number of ether oxygens (including phenoxy) is 2. The molecule has 24 heavy (non-hydrogen) atoms. The number of nitrogens with zero attached hydrogens (tertiary/aromatic N) is 2. The van der Waals surface area contributed by atoms with E-state index in [1.54, 1.807) is 0 Å². The summed E-state index contributed by atoms with van der Waals surface area (Å²) in [6.45, 7) is 11.8. The van der Waals surface area contributed by atoms with Gasteiger partial charge in [-0.1, -0.05) is 0 Å². The standard InChI is InChI=1S/C18H30N2O4/c1-12-13(14(21)19-11-10-18(19)8-7-9-18)20(17(5,6)23-12)15(22)24-16(2,3)4/h12-13H,7-11H2,1-6H3/t12-,13-/m0/s1. The van der Waals surface area contributed by atoms with Gasteiger partial charge in [0.15, 0.2) is 0 Å². The predicted molar refractivity (Wildman–Crippen MR) is 89.4 cm³/mol. The molecule has 0 aromatic rings. The minimum atomic E-state index is -0.861. The summed E-state index contributed by atoms with van der Waals surface area (Å²) in [6, 6.07) is -0.618. The molecule has 6 heteroatoms. The molecule has 0 radical (unpaired) electrons. The lowest BCUT2D eigenvalue weighted by Gasteiger charge is -2.59. The first kappa shape index (κ1) is 17.5. The molecule has 2 amide bonds. The molecule has 2 aliphatic heterocycles. The van der Waals surface area contributed by atoms with E-state index in [0.29, 0.717) is 0 Å². The molecule has 3 fully saturated rings. The van der Waals surface area contributed by atoms with E-state index >= 15 is 0 Å². The Kier molecular flexibility index (Phi) is 3.90. The first-order valence-electron chi connectivity index (χ1n) is 8.99. The highest BCUT2D eigenvalue weighted by molar-refractivity contribution is 5.88. The van der Waals surface area contributed by atoms with Gasteiger partial charge in [-0.15, -0.1) is 0 Å². The van der Waals surface area contributed by atoms with Crippen LogP contribution in [0, 0.1) is 0 Å². The maximum Gasteiger partial charge on any atom is 0.413 e. The maximum atomic E-state index is 13.2. The summed E-state index contributed by atoms with van der Waals surface area (Å²) in [5, 5.41) is 0. The van der Waals surface area contributed by atoms with E-state index in [1.165, 1.54) is 11.3 Å². The lowest BCUT2D eigenvalue weighted by atomic mass is 9.67. The van der Waals surface area contributed by atoms with Crippen LogP contribution in [0.5, 0.6) is 0 Å². The number of carbonyl (C=O) groups is 2. The second-order valence-electron chi connectivity index (χ2n) is 8.88. The van der Waals surface area contributed by atoms with Gasteiger partial charge in [0.05, 0.1) is 6.10 Å². The molecule has 3 aliphatic rings. The Hall–Kier alpha value is -1.30. The minimum absolute atomic E-state index is 0.00452. The summed E-state index contributed by atoms with van der Waals surface area (Å²) in [6.07, 6.45) is 3.59. The number of rotatable bonds is 1. The van der Waals surface area contributed by atoms with Crippen LogP contribution in [-0.4, -0.2) is 57.4 Å². The molecule has 3 rings (SSSR count). The van der Waals surface area contributed by atoms with Crippen molar-refractivity contribution in [3.05, 3.63) is 0 Å². The van der Waals surface area contributed by atoms with Gasteiger partial charge in [-0.25, -0.2) is 4.79 Å². The van der Waals surface area contributed by atoms with Crippen LogP contribution in [0.3, 0.4) is 0 Å².